The third-order valence-corrected chi connectivity index (χ3v) is 0.558. The zero-order valence-electron chi connectivity index (χ0n) is 7.15. The highest BCUT2D eigenvalue weighted by molar-refractivity contribution is 4.29. The van der Waals surface area contributed by atoms with Gasteiger partial charge in [-0.3, -0.25) is 0 Å². The van der Waals surface area contributed by atoms with Crippen LogP contribution in [0.3, 0.4) is 0 Å². The van der Waals surface area contributed by atoms with Gasteiger partial charge in [-0.05, 0) is 34.1 Å². The second-order valence-electron chi connectivity index (χ2n) is 2.48. The van der Waals surface area contributed by atoms with E-state index in [4.69, 9.17) is 5.73 Å². The Kier molecular flexibility index (Phi) is 14.0. The van der Waals surface area contributed by atoms with E-state index < -0.39 is 0 Å². The minimum absolute atomic E-state index is 0.844. The molecule has 2 heteroatoms. The van der Waals surface area contributed by atoms with Crippen molar-refractivity contribution in [2.45, 2.75) is 19.8 Å². The van der Waals surface area contributed by atoms with E-state index in [2.05, 4.69) is 6.92 Å². The SMILES string of the molecule is CCCCN.CN(C)C. The van der Waals surface area contributed by atoms with Crippen LogP contribution in [0.5, 0.6) is 0 Å². The molecule has 0 saturated carbocycles. The first-order chi connectivity index (χ1) is 4.15. The fourth-order valence-electron chi connectivity index (χ4n) is 0.204. The largest absolute Gasteiger partial charge is 0.330 e. The lowest BCUT2D eigenvalue weighted by Crippen LogP contribution is -1.99. The second-order valence-corrected chi connectivity index (χ2v) is 2.48. The minimum Gasteiger partial charge on any atom is -0.330 e. The first-order valence-electron chi connectivity index (χ1n) is 3.46. The van der Waals surface area contributed by atoms with E-state index in [9.17, 15) is 0 Å². The van der Waals surface area contributed by atoms with Crippen LogP contribution in [0.1, 0.15) is 19.8 Å². The summed E-state index contributed by atoms with van der Waals surface area (Å²) in [6.07, 6.45) is 2.39. The lowest BCUT2D eigenvalue weighted by Gasteiger charge is -1.90. The topological polar surface area (TPSA) is 29.3 Å². The average molecular weight is 132 g/mol. The highest BCUT2D eigenvalue weighted by Crippen LogP contribution is 1.77. The molecule has 0 bridgehead atoms. The molecule has 0 heterocycles. The van der Waals surface area contributed by atoms with Crippen molar-refractivity contribution in [3.8, 4) is 0 Å². The molecule has 2 N–H and O–H groups in total. The zero-order valence-corrected chi connectivity index (χ0v) is 7.15. The Hall–Kier alpha value is -0.0800. The van der Waals surface area contributed by atoms with Crippen LogP contribution in [0.25, 0.3) is 0 Å². The molecule has 0 atom stereocenters. The van der Waals surface area contributed by atoms with Crippen LogP contribution in [-0.2, 0) is 0 Å². The molecule has 0 aromatic carbocycles. The molecule has 0 aliphatic rings. The number of hydrogen-bond acceptors (Lipinski definition) is 2. The number of unbranched alkanes of at least 4 members (excludes halogenated alkanes) is 1. The Balaban J connectivity index is 0. The zero-order chi connectivity index (χ0) is 7.70. The molecule has 0 unspecified atom stereocenters. The van der Waals surface area contributed by atoms with Gasteiger partial charge in [-0.1, -0.05) is 13.3 Å². The minimum atomic E-state index is 0.844. The van der Waals surface area contributed by atoms with Crippen molar-refractivity contribution in [3.63, 3.8) is 0 Å². The van der Waals surface area contributed by atoms with Crippen molar-refractivity contribution in [2.24, 2.45) is 5.73 Å². The molecule has 0 aliphatic heterocycles. The summed E-state index contributed by atoms with van der Waals surface area (Å²) >= 11 is 0. The Bertz CT molecular complexity index is 31.1. The van der Waals surface area contributed by atoms with E-state index in [1.807, 2.05) is 26.0 Å². The quantitative estimate of drug-likeness (QED) is 0.605. The maximum Gasteiger partial charge on any atom is -0.00774 e. The van der Waals surface area contributed by atoms with Gasteiger partial charge in [0, 0.05) is 0 Å². The summed E-state index contributed by atoms with van der Waals surface area (Å²) in [7, 11) is 6.00. The van der Waals surface area contributed by atoms with Gasteiger partial charge < -0.3 is 10.6 Å². The number of rotatable bonds is 2. The Morgan fingerprint density at radius 1 is 1.22 bits per heavy atom. The van der Waals surface area contributed by atoms with E-state index in [1.165, 1.54) is 12.8 Å². The molecule has 0 fully saturated rings. The predicted octanol–water partition coefficient (Wildman–Crippen LogP) is 0.923. The third-order valence-electron chi connectivity index (χ3n) is 0.558. The van der Waals surface area contributed by atoms with Crippen molar-refractivity contribution in [3.05, 3.63) is 0 Å². The number of hydrogen-bond donors (Lipinski definition) is 1. The Morgan fingerprint density at radius 3 is 1.56 bits per heavy atom. The summed E-state index contributed by atoms with van der Waals surface area (Å²) in [5, 5.41) is 0. The van der Waals surface area contributed by atoms with Crippen LogP contribution < -0.4 is 5.73 Å². The van der Waals surface area contributed by atoms with Gasteiger partial charge in [-0.25, -0.2) is 0 Å². The summed E-state index contributed by atoms with van der Waals surface area (Å²) < 4.78 is 0. The van der Waals surface area contributed by atoms with Gasteiger partial charge in [0.15, 0.2) is 0 Å². The van der Waals surface area contributed by atoms with E-state index in [0.717, 1.165) is 6.54 Å². The van der Waals surface area contributed by atoms with Gasteiger partial charge in [0.2, 0.25) is 0 Å². The van der Waals surface area contributed by atoms with Gasteiger partial charge >= 0.3 is 0 Å². The Morgan fingerprint density at radius 2 is 1.56 bits per heavy atom. The molecule has 0 rings (SSSR count). The first-order valence-corrected chi connectivity index (χ1v) is 3.46. The van der Waals surface area contributed by atoms with E-state index >= 15 is 0 Å². The molecular weight excluding hydrogens is 112 g/mol. The van der Waals surface area contributed by atoms with E-state index in [1.54, 1.807) is 0 Å². The van der Waals surface area contributed by atoms with Gasteiger partial charge in [-0.15, -0.1) is 0 Å². The monoisotopic (exact) mass is 132 g/mol. The predicted molar refractivity (Wildman–Crippen MR) is 43.6 cm³/mol. The molecule has 0 spiro atoms. The number of nitrogens with two attached hydrogens (primary N) is 1. The van der Waals surface area contributed by atoms with E-state index in [0.29, 0.717) is 0 Å². The molecule has 9 heavy (non-hydrogen) atoms. The van der Waals surface area contributed by atoms with Crippen molar-refractivity contribution in [1.29, 1.82) is 0 Å². The van der Waals surface area contributed by atoms with Crippen LogP contribution in [0.2, 0.25) is 0 Å². The molecule has 0 aromatic rings. The summed E-state index contributed by atoms with van der Waals surface area (Å²) in [5.74, 6) is 0. The third kappa shape index (κ3) is 75.3. The lowest BCUT2D eigenvalue weighted by atomic mass is 10.3. The average Bonchev–Trinajstić information content (AvgIpc) is 1.66. The highest BCUT2D eigenvalue weighted by atomic mass is 15.0. The fourth-order valence-corrected chi connectivity index (χ4v) is 0.204. The smallest absolute Gasteiger partial charge is 0.00774 e. The van der Waals surface area contributed by atoms with Crippen molar-refractivity contribution in [1.82, 2.24) is 4.90 Å². The van der Waals surface area contributed by atoms with Crippen LogP contribution in [0.15, 0.2) is 0 Å². The molecule has 0 radical (unpaired) electrons. The number of nitrogens with zero attached hydrogens (tertiary/aromatic N) is 1. The standard InChI is InChI=1S/C4H11N.C3H9N/c1-2-3-4-5;1-4(2)3/h2-5H2,1H3;1-3H3. The van der Waals surface area contributed by atoms with Crippen LogP contribution in [-0.4, -0.2) is 32.6 Å². The molecule has 2 nitrogen and oxygen atoms in total. The maximum atomic E-state index is 5.14. The summed E-state index contributed by atoms with van der Waals surface area (Å²) in [4.78, 5) is 2.00. The maximum absolute atomic E-state index is 5.14. The summed E-state index contributed by atoms with van der Waals surface area (Å²) in [6.45, 7) is 2.98. The molecular formula is C7H20N2. The van der Waals surface area contributed by atoms with Gasteiger partial charge in [-0.2, -0.15) is 0 Å². The molecule has 58 valence electrons. The molecule has 0 saturated heterocycles. The highest BCUT2D eigenvalue weighted by Gasteiger charge is 1.67. The van der Waals surface area contributed by atoms with E-state index in [-0.39, 0.29) is 0 Å². The first kappa shape index (κ1) is 11.7. The van der Waals surface area contributed by atoms with Crippen molar-refractivity contribution < 1.29 is 0 Å². The second kappa shape index (κ2) is 10.8. The van der Waals surface area contributed by atoms with Gasteiger partial charge in [0.25, 0.3) is 0 Å². The van der Waals surface area contributed by atoms with Crippen LogP contribution in [0, 0.1) is 0 Å². The summed E-state index contributed by atoms with van der Waals surface area (Å²) in [6, 6.07) is 0. The molecule has 0 amide bonds. The molecule has 0 aromatic heterocycles. The van der Waals surface area contributed by atoms with Gasteiger partial charge in [0.1, 0.15) is 0 Å². The fraction of sp³-hybridized carbons (Fsp3) is 1.00. The lowest BCUT2D eigenvalue weighted by molar-refractivity contribution is 0.505. The van der Waals surface area contributed by atoms with Crippen molar-refractivity contribution in [2.75, 3.05) is 27.7 Å². The summed E-state index contributed by atoms with van der Waals surface area (Å²) in [5.41, 5.74) is 5.14. The van der Waals surface area contributed by atoms with Crippen molar-refractivity contribution >= 4 is 0 Å². The Labute approximate surface area is 59.0 Å². The van der Waals surface area contributed by atoms with Crippen LogP contribution >= 0.6 is 0 Å². The normalized spacial score (nSPS) is 8.67. The van der Waals surface area contributed by atoms with Gasteiger partial charge in [0.05, 0.1) is 0 Å². The molecule has 0 aliphatic carbocycles. The van der Waals surface area contributed by atoms with Crippen LogP contribution in [0.4, 0.5) is 0 Å².